The number of aryl methyl sites for hydroxylation is 1. The zero-order valence-electron chi connectivity index (χ0n) is 7.11. The van der Waals surface area contributed by atoms with Crippen LogP contribution in [0.4, 0.5) is 4.39 Å². The third-order valence-electron chi connectivity index (χ3n) is 1.81. The van der Waals surface area contributed by atoms with E-state index in [4.69, 9.17) is 0 Å². The second kappa shape index (κ2) is 4.80. The van der Waals surface area contributed by atoms with Crippen molar-refractivity contribution >= 4 is 22.6 Å². The first-order valence-electron chi connectivity index (χ1n) is 4.18. The lowest BCUT2D eigenvalue weighted by atomic mass is 10.1. The highest BCUT2D eigenvalue weighted by molar-refractivity contribution is 14.1. The Bertz CT molecular complexity index is 258. The summed E-state index contributed by atoms with van der Waals surface area (Å²) in [6, 6.07) is 4.98. The molecule has 0 heterocycles. The molecule has 0 atom stereocenters. The van der Waals surface area contributed by atoms with Crippen LogP contribution >= 0.6 is 22.6 Å². The Labute approximate surface area is 86.3 Å². The van der Waals surface area contributed by atoms with Gasteiger partial charge in [0.2, 0.25) is 0 Å². The molecule has 0 nitrogen and oxygen atoms in total. The number of rotatable bonds is 3. The molecule has 2 heteroatoms. The quantitative estimate of drug-likeness (QED) is 0.738. The molecular formula is C10H12FI. The molecule has 0 fully saturated rings. The van der Waals surface area contributed by atoms with Crippen LogP contribution in [0.25, 0.3) is 0 Å². The summed E-state index contributed by atoms with van der Waals surface area (Å²) in [6.45, 7) is 2.15. The van der Waals surface area contributed by atoms with Gasteiger partial charge in [0.25, 0.3) is 0 Å². The molecule has 0 spiro atoms. The van der Waals surface area contributed by atoms with Crippen LogP contribution < -0.4 is 0 Å². The highest BCUT2D eigenvalue weighted by Gasteiger charge is 2.00. The van der Waals surface area contributed by atoms with Crippen LogP contribution in [0.1, 0.15) is 25.3 Å². The summed E-state index contributed by atoms with van der Waals surface area (Å²) in [5.74, 6) is -0.124. The van der Waals surface area contributed by atoms with E-state index < -0.39 is 0 Å². The van der Waals surface area contributed by atoms with Crippen molar-refractivity contribution in [3.8, 4) is 0 Å². The Balaban J connectivity index is 2.75. The van der Waals surface area contributed by atoms with Gasteiger partial charge in [-0.05, 0) is 59.2 Å². The van der Waals surface area contributed by atoms with Crippen molar-refractivity contribution in [3.63, 3.8) is 0 Å². The fourth-order valence-electron chi connectivity index (χ4n) is 1.10. The van der Waals surface area contributed by atoms with E-state index in [9.17, 15) is 4.39 Å². The van der Waals surface area contributed by atoms with E-state index in [1.165, 1.54) is 9.64 Å². The Morgan fingerprint density at radius 3 is 2.83 bits per heavy atom. The highest BCUT2D eigenvalue weighted by atomic mass is 127. The minimum Gasteiger partial charge on any atom is -0.207 e. The van der Waals surface area contributed by atoms with Crippen molar-refractivity contribution in [1.29, 1.82) is 0 Å². The molecular weight excluding hydrogens is 266 g/mol. The molecule has 0 saturated heterocycles. The van der Waals surface area contributed by atoms with E-state index in [0.717, 1.165) is 24.8 Å². The molecule has 0 aliphatic rings. The van der Waals surface area contributed by atoms with Crippen molar-refractivity contribution < 1.29 is 4.39 Å². The Kier molecular flexibility index (Phi) is 3.98. The maximum Gasteiger partial charge on any atom is 0.123 e. The molecule has 1 aromatic carbocycles. The topological polar surface area (TPSA) is 0 Å². The Morgan fingerprint density at radius 1 is 1.42 bits per heavy atom. The van der Waals surface area contributed by atoms with E-state index >= 15 is 0 Å². The molecule has 0 aliphatic carbocycles. The van der Waals surface area contributed by atoms with Gasteiger partial charge in [0.05, 0.1) is 0 Å². The van der Waals surface area contributed by atoms with E-state index in [0.29, 0.717) is 0 Å². The second-order valence-corrected chi connectivity index (χ2v) is 4.00. The van der Waals surface area contributed by atoms with Crippen LogP contribution in [0, 0.1) is 9.39 Å². The van der Waals surface area contributed by atoms with Gasteiger partial charge in [0.1, 0.15) is 5.82 Å². The van der Waals surface area contributed by atoms with Crippen molar-refractivity contribution in [2.75, 3.05) is 0 Å². The van der Waals surface area contributed by atoms with Gasteiger partial charge in [-0.1, -0.05) is 13.3 Å². The summed E-state index contributed by atoms with van der Waals surface area (Å²) in [6.07, 6.45) is 3.29. The van der Waals surface area contributed by atoms with Crippen molar-refractivity contribution in [2.45, 2.75) is 26.2 Å². The summed E-state index contributed by atoms with van der Waals surface area (Å²) >= 11 is 2.25. The lowest BCUT2D eigenvalue weighted by molar-refractivity contribution is 0.623. The zero-order valence-corrected chi connectivity index (χ0v) is 9.27. The van der Waals surface area contributed by atoms with Crippen LogP contribution in [0.2, 0.25) is 0 Å². The van der Waals surface area contributed by atoms with Gasteiger partial charge in [-0.3, -0.25) is 0 Å². The first-order chi connectivity index (χ1) is 5.74. The molecule has 66 valence electrons. The molecule has 0 N–H and O–H groups in total. The molecule has 1 aromatic rings. The number of unbranched alkanes of at least 4 members (excludes halogenated alkanes) is 1. The van der Waals surface area contributed by atoms with Gasteiger partial charge in [-0.15, -0.1) is 0 Å². The summed E-state index contributed by atoms with van der Waals surface area (Å²) in [5.41, 5.74) is 1.14. The first-order valence-corrected chi connectivity index (χ1v) is 5.26. The van der Waals surface area contributed by atoms with Crippen LogP contribution in [0.3, 0.4) is 0 Å². The molecule has 0 amide bonds. The average molecular weight is 278 g/mol. The van der Waals surface area contributed by atoms with Gasteiger partial charge in [-0.25, -0.2) is 4.39 Å². The van der Waals surface area contributed by atoms with Gasteiger partial charge >= 0.3 is 0 Å². The van der Waals surface area contributed by atoms with Crippen LogP contribution in [0.15, 0.2) is 18.2 Å². The maximum atomic E-state index is 12.8. The number of hydrogen-bond donors (Lipinski definition) is 0. The third kappa shape index (κ3) is 2.73. The predicted octanol–water partition coefficient (Wildman–Crippen LogP) is 3.77. The smallest absolute Gasteiger partial charge is 0.123 e. The van der Waals surface area contributed by atoms with E-state index in [2.05, 4.69) is 29.5 Å². The Morgan fingerprint density at radius 2 is 2.17 bits per heavy atom. The van der Waals surface area contributed by atoms with E-state index in [-0.39, 0.29) is 5.82 Å². The minimum atomic E-state index is -0.124. The first kappa shape index (κ1) is 9.96. The standard InChI is InChI=1S/C10H12FI/c1-2-3-4-8-7-9(11)5-6-10(8)12/h5-7H,2-4H2,1H3. The second-order valence-electron chi connectivity index (χ2n) is 2.84. The summed E-state index contributed by atoms with van der Waals surface area (Å²) in [5, 5.41) is 0. The summed E-state index contributed by atoms with van der Waals surface area (Å²) in [7, 11) is 0. The van der Waals surface area contributed by atoms with E-state index in [1.807, 2.05) is 6.07 Å². The number of benzene rings is 1. The zero-order chi connectivity index (χ0) is 8.97. The predicted molar refractivity (Wildman–Crippen MR) is 57.7 cm³/mol. The fraction of sp³-hybridized carbons (Fsp3) is 0.400. The molecule has 0 saturated carbocycles. The number of hydrogen-bond acceptors (Lipinski definition) is 0. The number of halogens is 2. The normalized spacial score (nSPS) is 10.2. The average Bonchev–Trinajstić information content (AvgIpc) is 2.07. The highest BCUT2D eigenvalue weighted by Crippen LogP contribution is 2.15. The van der Waals surface area contributed by atoms with Gasteiger partial charge in [-0.2, -0.15) is 0 Å². The van der Waals surface area contributed by atoms with Gasteiger partial charge in [0, 0.05) is 3.57 Å². The van der Waals surface area contributed by atoms with Gasteiger partial charge < -0.3 is 0 Å². The van der Waals surface area contributed by atoms with Crippen molar-refractivity contribution in [1.82, 2.24) is 0 Å². The van der Waals surface area contributed by atoms with E-state index in [1.54, 1.807) is 6.07 Å². The monoisotopic (exact) mass is 278 g/mol. The molecule has 0 aliphatic heterocycles. The molecule has 0 radical (unpaired) electrons. The van der Waals surface area contributed by atoms with Gasteiger partial charge in [0.15, 0.2) is 0 Å². The minimum absolute atomic E-state index is 0.124. The largest absolute Gasteiger partial charge is 0.207 e. The molecule has 0 unspecified atom stereocenters. The summed E-state index contributed by atoms with van der Waals surface area (Å²) in [4.78, 5) is 0. The van der Waals surface area contributed by atoms with Crippen molar-refractivity contribution in [2.24, 2.45) is 0 Å². The van der Waals surface area contributed by atoms with Crippen LogP contribution in [-0.4, -0.2) is 0 Å². The van der Waals surface area contributed by atoms with Crippen molar-refractivity contribution in [3.05, 3.63) is 33.1 Å². The van der Waals surface area contributed by atoms with Crippen LogP contribution in [-0.2, 0) is 6.42 Å². The molecule has 0 aromatic heterocycles. The SMILES string of the molecule is CCCCc1cc(F)ccc1I. The molecule has 1 rings (SSSR count). The molecule has 0 bridgehead atoms. The third-order valence-corrected chi connectivity index (χ3v) is 2.86. The maximum absolute atomic E-state index is 12.8. The lowest BCUT2D eigenvalue weighted by Crippen LogP contribution is -1.90. The molecule has 12 heavy (non-hydrogen) atoms. The summed E-state index contributed by atoms with van der Waals surface area (Å²) < 4.78 is 13.9. The fourth-order valence-corrected chi connectivity index (χ4v) is 1.71. The lowest BCUT2D eigenvalue weighted by Gasteiger charge is -2.02. The Hall–Kier alpha value is -0.120. The van der Waals surface area contributed by atoms with Crippen LogP contribution in [0.5, 0.6) is 0 Å².